The fourth-order valence-corrected chi connectivity index (χ4v) is 0.847. The van der Waals surface area contributed by atoms with Crippen LogP contribution in [-0.4, -0.2) is 11.3 Å². The van der Waals surface area contributed by atoms with Crippen LogP contribution in [0.5, 0.6) is 0 Å². The number of ketones is 1. The number of nitrogens with two attached hydrogens (primary N) is 1. The van der Waals surface area contributed by atoms with Gasteiger partial charge in [-0.1, -0.05) is 0 Å². The largest absolute Gasteiger partial charge is 0.319 e. The third-order valence-electron chi connectivity index (χ3n) is 1.89. The number of carbonyl (C=O) groups excluding carboxylic acids is 1. The molecular formula is C8H15NO. The molecule has 1 saturated carbocycles. The molecule has 0 aliphatic heterocycles. The molecule has 0 radical (unpaired) electrons. The first-order valence-electron chi connectivity index (χ1n) is 3.82. The maximum atomic E-state index is 11.2. The van der Waals surface area contributed by atoms with Gasteiger partial charge in [-0.3, -0.25) is 4.79 Å². The molecule has 1 aliphatic rings. The summed E-state index contributed by atoms with van der Waals surface area (Å²) >= 11 is 0. The molecule has 0 aromatic rings. The van der Waals surface area contributed by atoms with Crippen molar-refractivity contribution < 1.29 is 4.79 Å². The molecule has 2 N–H and O–H groups in total. The van der Waals surface area contributed by atoms with E-state index in [1.165, 1.54) is 12.8 Å². The lowest BCUT2D eigenvalue weighted by Gasteiger charge is -2.15. The van der Waals surface area contributed by atoms with Crippen LogP contribution in [0.25, 0.3) is 0 Å². The molecule has 0 saturated heterocycles. The molecule has 1 rings (SSSR count). The highest BCUT2D eigenvalue weighted by atomic mass is 16.1. The monoisotopic (exact) mass is 141 g/mol. The predicted molar refractivity (Wildman–Crippen MR) is 40.6 cm³/mol. The molecule has 0 bridgehead atoms. The van der Waals surface area contributed by atoms with Gasteiger partial charge in [0.1, 0.15) is 0 Å². The SMILES string of the molecule is CC(C)(N)C(=O)CC1CC1. The van der Waals surface area contributed by atoms with Crippen molar-refractivity contribution in [1.82, 2.24) is 0 Å². The lowest BCUT2D eigenvalue weighted by atomic mass is 9.96. The van der Waals surface area contributed by atoms with Crippen LogP contribution in [0, 0.1) is 5.92 Å². The lowest BCUT2D eigenvalue weighted by Crippen LogP contribution is -2.41. The van der Waals surface area contributed by atoms with Gasteiger partial charge in [0.25, 0.3) is 0 Å². The molecule has 0 heterocycles. The first kappa shape index (κ1) is 7.73. The van der Waals surface area contributed by atoms with Gasteiger partial charge in [0.15, 0.2) is 5.78 Å². The van der Waals surface area contributed by atoms with Gasteiger partial charge < -0.3 is 5.73 Å². The minimum atomic E-state index is -0.609. The Morgan fingerprint density at radius 3 is 2.40 bits per heavy atom. The number of hydrogen-bond donors (Lipinski definition) is 1. The number of Topliss-reactive ketones (excluding diaryl/α,β-unsaturated/α-hetero) is 1. The van der Waals surface area contributed by atoms with E-state index in [0.29, 0.717) is 12.3 Å². The second-order valence-corrected chi connectivity index (χ2v) is 3.79. The molecular weight excluding hydrogens is 126 g/mol. The average molecular weight is 141 g/mol. The summed E-state index contributed by atoms with van der Waals surface area (Å²) in [5.41, 5.74) is 5.00. The van der Waals surface area contributed by atoms with E-state index in [1.807, 2.05) is 0 Å². The number of rotatable bonds is 3. The van der Waals surface area contributed by atoms with Crippen molar-refractivity contribution in [2.24, 2.45) is 11.7 Å². The fourth-order valence-electron chi connectivity index (χ4n) is 0.847. The Bertz CT molecular complexity index is 142. The fraction of sp³-hybridized carbons (Fsp3) is 0.875. The first-order chi connectivity index (χ1) is 4.50. The van der Waals surface area contributed by atoms with Crippen LogP contribution >= 0.6 is 0 Å². The number of hydrogen-bond acceptors (Lipinski definition) is 2. The number of carbonyl (C=O) groups is 1. The van der Waals surface area contributed by atoms with Crippen molar-refractivity contribution in [2.75, 3.05) is 0 Å². The Labute approximate surface area is 61.8 Å². The van der Waals surface area contributed by atoms with E-state index >= 15 is 0 Å². The van der Waals surface area contributed by atoms with Crippen molar-refractivity contribution in [3.8, 4) is 0 Å². The zero-order valence-electron chi connectivity index (χ0n) is 6.68. The summed E-state index contributed by atoms with van der Waals surface area (Å²) in [5.74, 6) is 0.866. The molecule has 0 aromatic carbocycles. The van der Waals surface area contributed by atoms with Crippen LogP contribution in [0.3, 0.4) is 0 Å². The van der Waals surface area contributed by atoms with Crippen LogP contribution in [0.2, 0.25) is 0 Å². The Kier molecular flexibility index (Phi) is 1.82. The molecule has 0 amide bonds. The lowest BCUT2D eigenvalue weighted by molar-refractivity contribution is -0.123. The van der Waals surface area contributed by atoms with E-state index in [4.69, 9.17) is 5.73 Å². The summed E-state index contributed by atoms with van der Waals surface area (Å²) in [6.45, 7) is 3.55. The third-order valence-corrected chi connectivity index (χ3v) is 1.89. The smallest absolute Gasteiger partial charge is 0.152 e. The van der Waals surface area contributed by atoms with E-state index in [-0.39, 0.29) is 5.78 Å². The maximum Gasteiger partial charge on any atom is 0.152 e. The Morgan fingerprint density at radius 2 is 2.10 bits per heavy atom. The van der Waals surface area contributed by atoms with Gasteiger partial charge in [0.05, 0.1) is 5.54 Å². The zero-order chi connectivity index (χ0) is 7.78. The summed E-state index contributed by atoms with van der Waals surface area (Å²) in [6, 6.07) is 0. The molecule has 0 unspecified atom stereocenters. The van der Waals surface area contributed by atoms with E-state index in [2.05, 4.69) is 0 Å². The molecule has 10 heavy (non-hydrogen) atoms. The van der Waals surface area contributed by atoms with Gasteiger partial charge in [-0.25, -0.2) is 0 Å². The van der Waals surface area contributed by atoms with Crippen LogP contribution in [0.1, 0.15) is 33.1 Å². The topological polar surface area (TPSA) is 43.1 Å². The molecule has 0 spiro atoms. The van der Waals surface area contributed by atoms with E-state index < -0.39 is 5.54 Å². The molecule has 2 heteroatoms. The summed E-state index contributed by atoms with van der Waals surface area (Å²) in [4.78, 5) is 11.2. The minimum absolute atomic E-state index is 0.204. The van der Waals surface area contributed by atoms with Crippen molar-refractivity contribution in [3.05, 3.63) is 0 Å². The highest BCUT2D eigenvalue weighted by Gasteiger charge is 2.30. The molecule has 0 aromatic heterocycles. The highest BCUT2D eigenvalue weighted by molar-refractivity contribution is 5.87. The third kappa shape index (κ3) is 2.10. The molecule has 0 atom stereocenters. The van der Waals surface area contributed by atoms with Crippen molar-refractivity contribution >= 4 is 5.78 Å². The van der Waals surface area contributed by atoms with E-state index in [1.54, 1.807) is 13.8 Å². The van der Waals surface area contributed by atoms with Gasteiger partial charge in [-0.05, 0) is 32.6 Å². The summed E-state index contributed by atoms with van der Waals surface area (Å²) in [5, 5.41) is 0. The Balaban J connectivity index is 2.32. The van der Waals surface area contributed by atoms with Gasteiger partial charge in [0.2, 0.25) is 0 Å². The van der Waals surface area contributed by atoms with Crippen molar-refractivity contribution in [1.29, 1.82) is 0 Å². The van der Waals surface area contributed by atoms with Crippen LogP contribution in [0.4, 0.5) is 0 Å². The van der Waals surface area contributed by atoms with Gasteiger partial charge >= 0.3 is 0 Å². The summed E-state index contributed by atoms with van der Waals surface area (Å²) < 4.78 is 0. The second kappa shape index (κ2) is 2.35. The van der Waals surface area contributed by atoms with Gasteiger partial charge in [-0.2, -0.15) is 0 Å². The molecule has 58 valence electrons. The molecule has 2 nitrogen and oxygen atoms in total. The van der Waals surface area contributed by atoms with Crippen LogP contribution in [-0.2, 0) is 4.79 Å². The standard InChI is InChI=1S/C8H15NO/c1-8(2,9)7(10)5-6-3-4-6/h6H,3-5,9H2,1-2H3. The van der Waals surface area contributed by atoms with E-state index in [0.717, 1.165) is 0 Å². The molecule has 1 fully saturated rings. The predicted octanol–water partition coefficient (Wildman–Crippen LogP) is 1.09. The average Bonchev–Trinajstić information content (AvgIpc) is 2.47. The normalized spacial score (nSPS) is 19.1. The highest BCUT2D eigenvalue weighted by Crippen LogP contribution is 2.33. The van der Waals surface area contributed by atoms with Crippen LogP contribution < -0.4 is 5.73 Å². The Hall–Kier alpha value is -0.370. The summed E-state index contributed by atoms with van der Waals surface area (Å²) in [6.07, 6.45) is 3.15. The minimum Gasteiger partial charge on any atom is -0.319 e. The van der Waals surface area contributed by atoms with Gasteiger partial charge in [-0.15, -0.1) is 0 Å². The summed E-state index contributed by atoms with van der Waals surface area (Å²) in [7, 11) is 0. The van der Waals surface area contributed by atoms with Gasteiger partial charge in [0, 0.05) is 6.42 Å². The van der Waals surface area contributed by atoms with Crippen molar-refractivity contribution in [2.45, 2.75) is 38.6 Å². The molecule has 1 aliphatic carbocycles. The van der Waals surface area contributed by atoms with Crippen molar-refractivity contribution in [3.63, 3.8) is 0 Å². The Morgan fingerprint density at radius 1 is 1.60 bits per heavy atom. The maximum absolute atomic E-state index is 11.2. The second-order valence-electron chi connectivity index (χ2n) is 3.79. The quantitative estimate of drug-likeness (QED) is 0.639. The van der Waals surface area contributed by atoms with E-state index in [9.17, 15) is 4.79 Å². The first-order valence-corrected chi connectivity index (χ1v) is 3.82. The zero-order valence-corrected chi connectivity index (χ0v) is 6.68. The van der Waals surface area contributed by atoms with Crippen LogP contribution in [0.15, 0.2) is 0 Å².